The van der Waals surface area contributed by atoms with Gasteiger partial charge in [0.1, 0.15) is 28.9 Å². The Balaban J connectivity index is 2.44. The van der Waals surface area contributed by atoms with Gasteiger partial charge in [-0.25, -0.2) is 12.8 Å². The molecule has 0 saturated heterocycles. The van der Waals surface area contributed by atoms with E-state index in [1.165, 1.54) is 12.1 Å². The van der Waals surface area contributed by atoms with E-state index in [0.717, 1.165) is 29.3 Å². The summed E-state index contributed by atoms with van der Waals surface area (Å²) in [5.74, 6) is -2.12. The lowest BCUT2D eigenvalue weighted by Crippen LogP contribution is -2.37. The third kappa shape index (κ3) is 3.37. The quantitative estimate of drug-likeness (QED) is 0.850. The summed E-state index contributed by atoms with van der Waals surface area (Å²) in [6.07, 6.45) is 1.67. The molecule has 1 N–H and O–H groups in total. The van der Waals surface area contributed by atoms with Gasteiger partial charge in [-0.1, -0.05) is 6.07 Å². The molecule has 0 amide bonds. The molecule has 2 rings (SSSR count). The van der Waals surface area contributed by atoms with Gasteiger partial charge in [-0.05, 0) is 30.9 Å². The highest BCUT2D eigenvalue weighted by Gasteiger charge is 2.34. The molecule has 0 bridgehead atoms. The number of hydrogen-bond acceptors (Lipinski definition) is 4. The number of sulfonamides is 1. The standard InChI is InChI=1S/C13H13FN2O4S/c14-11-2-1-3-12(10(11)6-15)21(19,20)16(8-13(17)18)7-9-4-5-9/h1-3,9H,4-5,7-8H2,(H,17,18). The smallest absolute Gasteiger partial charge is 0.318 e. The molecule has 1 aromatic rings. The average Bonchev–Trinajstić information content (AvgIpc) is 3.21. The van der Waals surface area contributed by atoms with Crippen molar-refractivity contribution < 1.29 is 22.7 Å². The van der Waals surface area contributed by atoms with Crippen molar-refractivity contribution in [3.8, 4) is 6.07 Å². The predicted octanol–water partition coefficient (Wildman–Crippen LogP) is 1.18. The summed E-state index contributed by atoms with van der Waals surface area (Å²) in [4.78, 5) is 10.4. The van der Waals surface area contributed by atoms with E-state index in [1.54, 1.807) is 0 Å². The minimum atomic E-state index is -4.23. The largest absolute Gasteiger partial charge is 0.480 e. The second-order valence-electron chi connectivity index (χ2n) is 4.86. The van der Waals surface area contributed by atoms with Crippen LogP contribution in [-0.4, -0.2) is 36.9 Å². The molecule has 0 atom stereocenters. The number of nitrogens with zero attached hydrogens (tertiary/aromatic N) is 2. The molecular weight excluding hydrogens is 299 g/mol. The molecule has 112 valence electrons. The summed E-state index contributed by atoms with van der Waals surface area (Å²) in [7, 11) is -4.23. The number of carbonyl (C=O) groups is 1. The van der Waals surface area contributed by atoms with E-state index in [1.807, 2.05) is 0 Å². The number of carboxylic acids is 1. The summed E-state index contributed by atoms with van der Waals surface area (Å²) in [5.41, 5.74) is -0.594. The maximum atomic E-state index is 13.6. The second-order valence-corrected chi connectivity index (χ2v) is 6.77. The number of halogens is 1. The van der Waals surface area contributed by atoms with Crippen LogP contribution in [0.3, 0.4) is 0 Å². The minimum absolute atomic E-state index is 0.0655. The predicted molar refractivity (Wildman–Crippen MR) is 70.2 cm³/mol. The van der Waals surface area contributed by atoms with Crippen molar-refractivity contribution in [1.29, 1.82) is 5.26 Å². The third-order valence-electron chi connectivity index (χ3n) is 3.18. The Kier molecular flexibility index (Phi) is 4.25. The van der Waals surface area contributed by atoms with Gasteiger partial charge in [-0.2, -0.15) is 9.57 Å². The van der Waals surface area contributed by atoms with Crippen molar-refractivity contribution in [2.45, 2.75) is 17.7 Å². The highest BCUT2D eigenvalue weighted by atomic mass is 32.2. The molecule has 0 heterocycles. The van der Waals surface area contributed by atoms with Crippen LogP contribution in [-0.2, 0) is 14.8 Å². The molecule has 1 aliphatic rings. The van der Waals surface area contributed by atoms with E-state index in [2.05, 4.69) is 0 Å². The van der Waals surface area contributed by atoms with Gasteiger partial charge in [0.25, 0.3) is 0 Å². The number of carboxylic acid groups (broad SMARTS) is 1. The zero-order chi connectivity index (χ0) is 15.6. The Morgan fingerprint density at radius 1 is 1.48 bits per heavy atom. The van der Waals surface area contributed by atoms with E-state index in [9.17, 15) is 17.6 Å². The molecule has 1 aromatic carbocycles. The van der Waals surface area contributed by atoms with E-state index < -0.39 is 38.8 Å². The monoisotopic (exact) mass is 312 g/mol. The molecule has 8 heteroatoms. The molecule has 1 saturated carbocycles. The first-order valence-corrected chi connectivity index (χ1v) is 7.71. The van der Waals surface area contributed by atoms with Gasteiger partial charge in [0, 0.05) is 6.54 Å². The van der Waals surface area contributed by atoms with Crippen molar-refractivity contribution >= 4 is 16.0 Å². The first-order valence-electron chi connectivity index (χ1n) is 6.27. The van der Waals surface area contributed by atoms with Gasteiger partial charge in [0.05, 0.1) is 0 Å². The van der Waals surface area contributed by atoms with Gasteiger partial charge in [0.15, 0.2) is 0 Å². The van der Waals surface area contributed by atoms with E-state index in [-0.39, 0.29) is 12.5 Å². The number of nitriles is 1. The van der Waals surface area contributed by atoms with Crippen LogP contribution in [0.4, 0.5) is 4.39 Å². The summed E-state index contributed by atoms with van der Waals surface area (Å²) in [6.45, 7) is -0.643. The van der Waals surface area contributed by atoms with Crippen molar-refractivity contribution in [3.05, 3.63) is 29.6 Å². The topological polar surface area (TPSA) is 98.5 Å². The van der Waals surface area contributed by atoms with Gasteiger partial charge in [-0.3, -0.25) is 4.79 Å². The van der Waals surface area contributed by atoms with Crippen LogP contribution in [0.5, 0.6) is 0 Å². The molecule has 1 aliphatic carbocycles. The Labute approximate surface area is 121 Å². The van der Waals surface area contributed by atoms with Crippen molar-refractivity contribution in [2.75, 3.05) is 13.1 Å². The van der Waals surface area contributed by atoms with Gasteiger partial charge in [0.2, 0.25) is 10.0 Å². The first kappa shape index (κ1) is 15.4. The van der Waals surface area contributed by atoms with Gasteiger partial charge >= 0.3 is 5.97 Å². The fraction of sp³-hybridized carbons (Fsp3) is 0.385. The fourth-order valence-electron chi connectivity index (χ4n) is 1.95. The van der Waals surface area contributed by atoms with Crippen LogP contribution in [0.15, 0.2) is 23.1 Å². The molecular formula is C13H13FN2O4S. The van der Waals surface area contributed by atoms with Gasteiger partial charge < -0.3 is 5.11 Å². The Bertz CT molecular complexity index is 707. The molecule has 21 heavy (non-hydrogen) atoms. The van der Waals surface area contributed by atoms with Crippen molar-refractivity contribution in [2.24, 2.45) is 5.92 Å². The highest BCUT2D eigenvalue weighted by molar-refractivity contribution is 7.89. The summed E-state index contributed by atoms with van der Waals surface area (Å²) in [5, 5.41) is 17.8. The number of benzene rings is 1. The second kappa shape index (κ2) is 5.79. The van der Waals surface area contributed by atoms with Crippen LogP contribution in [0.1, 0.15) is 18.4 Å². The molecule has 0 unspecified atom stereocenters. The minimum Gasteiger partial charge on any atom is -0.480 e. The summed E-state index contributed by atoms with van der Waals surface area (Å²) >= 11 is 0. The number of aliphatic carboxylic acids is 1. The lowest BCUT2D eigenvalue weighted by atomic mass is 10.2. The van der Waals surface area contributed by atoms with Crippen LogP contribution < -0.4 is 0 Å². The molecule has 0 spiro atoms. The Hall–Kier alpha value is -1.98. The molecule has 6 nitrogen and oxygen atoms in total. The molecule has 0 aromatic heterocycles. The SMILES string of the molecule is N#Cc1c(F)cccc1S(=O)(=O)N(CC(=O)O)CC1CC1. The first-order chi connectivity index (χ1) is 9.86. The third-order valence-corrected chi connectivity index (χ3v) is 5.03. The van der Waals surface area contributed by atoms with E-state index in [4.69, 9.17) is 10.4 Å². The number of hydrogen-bond donors (Lipinski definition) is 1. The lowest BCUT2D eigenvalue weighted by molar-refractivity contribution is -0.137. The Morgan fingerprint density at radius 3 is 2.67 bits per heavy atom. The normalized spacial score (nSPS) is 14.9. The van der Waals surface area contributed by atoms with Crippen LogP contribution in [0.25, 0.3) is 0 Å². The maximum Gasteiger partial charge on any atom is 0.318 e. The van der Waals surface area contributed by atoms with E-state index in [0.29, 0.717) is 0 Å². The summed E-state index contributed by atoms with van der Waals surface area (Å²) < 4.78 is 39.4. The fourth-order valence-corrected chi connectivity index (χ4v) is 3.57. The van der Waals surface area contributed by atoms with E-state index >= 15 is 0 Å². The van der Waals surface area contributed by atoms with Gasteiger partial charge in [-0.15, -0.1) is 0 Å². The van der Waals surface area contributed by atoms with Crippen molar-refractivity contribution in [1.82, 2.24) is 4.31 Å². The molecule has 1 fully saturated rings. The van der Waals surface area contributed by atoms with Crippen molar-refractivity contribution in [3.63, 3.8) is 0 Å². The Morgan fingerprint density at radius 2 is 2.14 bits per heavy atom. The van der Waals surface area contributed by atoms with Crippen LogP contribution in [0, 0.1) is 23.1 Å². The molecule has 0 radical (unpaired) electrons. The van der Waals surface area contributed by atoms with Crippen LogP contribution in [0.2, 0.25) is 0 Å². The zero-order valence-corrected chi connectivity index (χ0v) is 11.8. The maximum absolute atomic E-state index is 13.6. The lowest BCUT2D eigenvalue weighted by Gasteiger charge is -2.20. The highest BCUT2D eigenvalue weighted by Crippen LogP contribution is 2.32. The summed E-state index contributed by atoms with van der Waals surface area (Å²) in [6, 6.07) is 4.79. The molecule has 0 aliphatic heterocycles. The number of rotatable bonds is 6. The van der Waals surface area contributed by atoms with Crippen LogP contribution >= 0.6 is 0 Å². The average molecular weight is 312 g/mol. The zero-order valence-electron chi connectivity index (χ0n) is 11.0.